The number of hydrogen-bond acceptors (Lipinski definition) is 3. The highest BCUT2D eigenvalue weighted by Crippen LogP contribution is 2.32. The maximum absolute atomic E-state index is 9.44. The second-order valence-corrected chi connectivity index (χ2v) is 6.84. The predicted octanol–water partition coefficient (Wildman–Crippen LogP) is 3.27. The second kappa shape index (κ2) is 5.63. The Labute approximate surface area is 116 Å². The first-order valence-corrected chi connectivity index (χ1v) is 7.75. The molecule has 1 saturated heterocycles. The summed E-state index contributed by atoms with van der Waals surface area (Å²) in [7, 11) is 0. The fraction of sp³-hybridized carbons (Fsp3) is 0.538. The largest absolute Gasteiger partial charge is 0.392 e. The summed E-state index contributed by atoms with van der Waals surface area (Å²) in [4.78, 5) is 2.41. The van der Waals surface area contributed by atoms with Crippen molar-refractivity contribution in [3.63, 3.8) is 0 Å². The Morgan fingerprint density at radius 3 is 2.94 bits per heavy atom. The van der Waals surface area contributed by atoms with Crippen LogP contribution in [0, 0.1) is 0 Å². The summed E-state index contributed by atoms with van der Waals surface area (Å²) in [5.41, 5.74) is 2.18. The van der Waals surface area contributed by atoms with Gasteiger partial charge in [0.05, 0.1) is 6.61 Å². The van der Waals surface area contributed by atoms with Crippen LogP contribution in [0.3, 0.4) is 0 Å². The normalized spacial score (nSPS) is 25.1. The molecule has 0 radical (unpaired) electrons. The van der Waals surface area contributed by atoms with E-state index in [2.05, 4.69) is 40.7 Å². The molecule has 1 N–H and O–H groups in total. The van der Waals surface area contributed by atoms with E-state index >= 15 is 0 Å². The van der Waals surface area contributed by atoms with E-state index in [4.69, 9.17) is 0 Å². The molecule has 0 aromatic heterocycles. The number of aliphatic hydroxyl groups is 1. The third-order valence-electron chi connectivity index (χ3n) is 3.41. The van der Waals surface area contributed by atoms with Crippen LogP contribution in [0.1, 0.15) is 19.4 Å². The fourth-order valence-electron chi connectivity index (χ4n) is 2.21. The van der Waals surface area contributed by atoms with Crippen LogP contribution in [0.4, 0.5) is 5.69 Å². The maximum atomic E-state index is 9.44. The summed E-state index contributed by atoms with van der Waals surface area (Å²) in [6, 6.07) is 6.61. The summed E-state index contributed by atoms with van der Waals surface area (Å²) >= 11 is 5.54. The Kier molecular flexibility index (Phi) is 4.39. The predicted molar refractivity (Wildman–Crippen MR) is 78.8 cm³/mol. The Bertz CT molecular complexity index is 399. The molecule has 0 bridgehead atoms. The minimum Gasteiger partial charge on any atom is -0.392 e. The minimum absolute atomic E-state index is 0.105. The number of halogens is 1. The minimum atomic E-state index is 0.105. The fourth-order valence-corrected chi connectivity index (χ4v) is 3.66. The Hall–Kier alpha value is -0.190. The van der Waals surface area contributed by atoms with Crippen molar-refractivity contribution in [2.24, 2.45) is 0 Å². The van der Waals surface area contributed by atoms with Crippen LogP contribution >= 0.6 is 27.7 Å². The first-order chi connectivity index (χ1) is 8.13. The Morgan fingerprint density at radius 2 is 2.24 bits per heavy atom. The Morgan fingerprint density at radius 1 is 1.47 bits per heavy atom. The number of anilines is 1. The van der Waals surface area contributed by atoms with Gasteiger partial charge in [-0.25, -0.2) is 0 Å². The molecule has 1 aliphatic rings. The average molecular weight is 316 g/mol. The third kappa shape index (κ3) is 2.80. The van der Waals surface area contributed by atoms with Crippen molar-refractivity contribution in [1.82, 2.24) is 0 Å². The zero-order valence-electron chi connectivity index (χ0n) is 10.2. The van der Waals surface area contributed by atoms with Crippen LogP contribution < -0.4 is 4.90 Å². The number of nitrogens with zero attached hydrogens (tertiary/aromatic N) is 1. The van der Waals surface area contributed by atoms with Crippen molar-refractivity contribution >= 4 is 33.4 Å². The van der Waals surface area contributed by atoms with Gasteiger partial charge >= 0.3 is 0 Å². The van der Waals surface area contributed by atoms with Crippen molar-refractivity contribution in [3.05, 3.63) is 28.2 Å². The van der Waals surface area contributed by atoms with E-state index in [1.54, 1.807) is 0 Å². The van der Waals surface area contributed by atoms with E-state index in [0.29, 0.717) is 11.3 Å². The van der Waals surface area contributed by atoms with Gasteiger partial charge in [0.1, 0.15) is 0 Å². The molecule has 2 unspecified atom stereocenters. The molecule has 1 heterocycles. The molecule has 2 atom stereocenters. The first-order valence-electron chi connectivity index (χ1n) is 5.91. The van der Waals surface area contributed by atoms with Crippen molar-refractivity contribution in [2.75, 3.05) is 17.2 Å². The van der Waals surface area contributed by atoms with E-state index in [-0.39, 0.29) is 6.61 Å². The summed E-state index contributed by atoms with van der Waals surface area (Å²) in [6.45, 7) is 5.70. The third-order valence-corrected chi connectivity index (χ3v) is 5.24. The highest BCUT2D eigenvalue weighted by molar-refractivity contribution is 9.10. The van der Waals surface area contributed by atoms with Crippen LogP contribution in [0.2, 0.25) is 0 Å². The molecule has 4 heteroatoms. The number of rotatable bonds is 2. The summed E-state index contributed by atoms with van der Waals surface area (Å²) in [5.74, 6) is 1.16. The molecule has 0 spiro atoms. The van der Waals surface area contributed by atoms with Crippen LogP contribution in [0.5, 0.6) is 0 Å². The quantitative estimate of drug-likeness (QED) is 0.906. The van der Waals surface area contributed by atoms with Crippen LogP contribution in [-0.2, 0) is 6.61 Å². The van der Waals surface area contributed by atoms with Crippen LogP contribution in [0.25, 0.3) is 0 Å². The zero-order chi connectivity index (χ0) is 12.4. The number of benzene rings is 1. The molecule has 1 fully saturated rings. The smallest absolute Gasteiger partial charge is 0.0702 e. The molecule has 1 aliphatic heterocycles. The van der Waals surface area contributed by atoms with Gasteiger partial charge in [-0.05, 0) is 19.1 Å². The zero-order valence-corrected chi connectivity index (χ0v) is 12.6. The van der Waals surface area contributed by atoms with Gasteiger partial charge < -0.3 is 10.0 Å². The lowest BCUT2D eigenvalue weighted by Crippen LogP contribution is -2.45. The Balaban J connectivity index is 2.34. The maximum Gasteiger partial charge on any atom is 0.0702 e. The lowest BCUT2D eigenvalue weighted by atomic mass is 10.1. The molecule has 2 nitrogen and oxygen atoms in total. The van der Waals surface area contributed by atoms with E-state index in [9.17, 15) is 5.11 Å². The van der Waals surface area contributed by atoms with Crippen molar-refractivity contribution in [1.29, 1.82) is 0 Å². The van der Waals surface area contributed by atoms with Crippen LogP contribution in [-0.4, -0.2) is 28.7 Å². The standard InChI is InChI=1S/C13H18BrNOS/c1-9-10(2)17-6-5-15(9)13-7-12(14)4-3-11(13)8-16/h3-4,7,9-10,16H,5-6,8H2,1-2H3. The molecule has 17 heavy (non-hydrogen) atoms. The summed E-state index contributed by atoms with van der Waals surface area (Å²) < 4.78 is 1.07. The van der Waals surface area contributed by atoms with Gasteiger partial charge in [-0.1, -0.05) is 28.9 Å². The number of aliphatic hydroxyl groups excluding tert-OH is 1. The summed E-state index contributed by atoms with van der Waals surface area (Å²) in [6.07, 6.45) is 0. The average Bonchev–Trinajstić information content (AvgIpc) is 2.33. The van der Waals surface area contributed by atoms with E-state index < -0.39 is 0 Å². The van der Waals surface area contributed by atoms with E-state index in [0.717, 1.165) is 22.3 Å². The van der Waals surface area contributed by atoms with Crippen molar-refractivity contribution < 1.29 is 5.11 Å². The van der Waals surface area contributed by atoms with Gasteiger partial charge in [0.15, 0.2) is 0 Å². The van der Waals surface area contributed by atoms with Gasteiger partial charge in [-0.3, -0.25) is 0 Å². The lowest BCUT2D eigenvalue weighted by molar-refractivity contribution is 0.282. The molecule has 0 amide bonds. The van der Waals surface area contributed by atoms with Crippen molar-refractivity contribution in [3.8, 4) is 0 Å². The van der Waals surface area contributed by atoms with Gasteiger partial charge in [0.25, 0.3) is 0 Å². The molecule has 94 valence electrons. The molecule has 0 aliphatic carbocycles. The monoisotopic (exact) mass is 315 g/mol. The summed E-state index contributed by atoms with van der Waals surface area (Å²) in [5, 5.41) is 10.1. The number of hydrogen-bond donors (Lipinski definition) is 1. The lowest BCUT2D eigenvalue weighted by Gasteiger charge is -2.40. The van der Waals surface area contributed by atoms with Gasteiger partial charge in [-0.15, -0.1) is 0 Å². The first kappa shape index (κ1) is 13.2. The highest BCUT2D eigenvalue weighted by Gasteiger charge is 2.26. The van der Waals surface area contributed by atoms with E-state index in [1.807, 2.05) is 23.9 Å². The number of thioether (sulfide) groups is 1. The topological polar surface area (TPSA) is 23.5 Å². The molecule has 1 aromatic carbocycles. The van der Waals surface area contributed by atoms with Gasteiger partial charge in [0, 0.05) is 39.3 Å². The van der Waals surface area contributed by atoms with Gasteiger partial charge in [-0.2, -0.15) is 11.8 Å². The highest BCUT2D eigenvalue weighted by atomic mass is 79.9. The van der Waals surface area contributed by atoms with Crippen molar-refractivity contribution in [2.45, 2.75) is 31.7 Å². The molecular formula is C13H18BrNOS. The van der Waals surface area contributed by atoms with Crippen LogP contribution in [0.15, 0.2) is 22.7 Å². The molecule has 2 rings (SSSR count). The molecular weight excluding hydrogens is 298 g/mol. The second-order valence-electron chi connectivity index (χ2n) is 4.44. The molecule has 1 aromatic rings. The molecule has 0 saturated carbocycles. The van der Waals surface area contributed by atoms with E-state index in [1.165, 1.54) is 5.69 Å². The SMILES string of the molecule is CC1SCCN(c2cc(Br)ccc2CO)C1C. The van der Waals surface area contributed by atoms with Gasteiger partial charge in [0.2, 0.25) is 0 Å².